The van der Waals surface area contributed by atoms with Crippen LogP contribution in [0.3, 0.4) is 0 Å². The van der Waals surface area contributed by atoms with Crippen LogP contribution < -0.4 is 0 Å². The van der Waals surface area contributed by atoms with E-state index in [1.807, 2.05) is 24.3 Å². The molecule has 0 saturated heterocycles. The first-order valence-electron chi connectivity index (χ1n) is 10.5. The summed E-state index contributed by atoms with van der Waals surface area (Å²) in [6, 6.07) is 16.5. The fraction of sp³-hybridized carbons (Fsp3) is 0.308. The van der Waals surface area contributed by atoms with E-state index in [1.54, 1.807) is 11.3 Å². The van der Waals surface area contributed by atoms with Gasteiger partial charge in [-0.1, -0.05) is 53.7 Å². The minimum absolute atomic E-state index is 0.0726. The van der Waals surface area contributed by atoms with E-state index in [0.717, 1.165) is 32.0 Å². The molecule has 3 heterocycles. The fourth-order valence-electron chi connectivity index (χ4n) is 3.57. The van der Waals surface area contributed by atoms with E-state index in [-0.39, 0.29) is 10.8 Å². The Balaban J connectivity index is 1.50. The zero-order valence-corrected chi connectivity index (χ0v) is 19.6. The van der Waals surface area contributed by atoms with Crippen LogP contribution in [0.25, 0.3) is 43.7 Å². The van der Waals surface area contributed by atoms with E-state index in [4.69, 9.17) is 18.8 Å². The maximum atomic E-state index is 6.03. The molecule has 0 aliphatic rings. The molecule has 0 spiro atoms. The lowest BCUT2D eigenvalue weighted by atomic mass is 9.87. The minimum atomic E-state index is 0.0726. The van der Waals surface area contributed by atoms with Crippen LogP contribution in [0.2, 0.25) is 0 Å². The third-order valence-corrected chi connectivity index (χ3v) is 6.60. The molecule has 5 aromatic rings. The lowest BCUT2D eigenvalue weighted by Crippen LogP contribution is -2.10. The summed E-state index contributed by atoms with van der Waals surface area (Å²) in [5, 5.41) is 0. The molecule has 0 aliphatic carbocycles. The Hall–Kier alpha value is -2.92. The van der Waals surface area contributed by atoms with Crippen molar-refractivity contribution < 1.29 is 8.83 Å². The number of rotatable bonds is 2. The van der Waals surface area contributed by atoms with Crippen LogP contribution in [0.15, 0.2) is 57.4 Å². The molecular weight excluding hydrogens is 404 g/mol. The van der Waals surface area contributed by atoms with Gasteiger partial charge in [0, 0.05) is 0 Å². The SMILES string of the molecule is CC(C)(C)c1ccc2oc(-c3ccc(-c4nc5cc(C(C)(C)C)ccc5o4)s3)nc2c1. The number of benzene rings is 2. The van der Waals surface area contributed by atoms with E-state index in [2.05, 4.69) is 65.8 Å². The van der Waals surface area contributed by atoms with Gasteiger partial charge >= 0.3 is 0 Å². The molecule has 0 unspecified atom stereocenters. The van der Waals surface area contributed by atoms with Gasteiger partial charge in [-0.05, 0) is 58.4 Å². The predicted octanol–water partition coefficient (Wildman–Crippen LogP) is 7.96. The fourth-order valence-corrected chi connectivity index (χ4v) is 4.42. The highest BCUT2D eigenvalue weighted by Gasteiger charge is 2.19. The van der Waals surface area contributed by atoms with Crippen LogP contribution in [-0.2, 0) is 10.8 Å². The third-order valence-electron chi connectivity index (χ3n) is 5.53. The van der Waals surface area contributed by atoms with Gasteiger partial charge in [0.05, 0.1) is 9.75 Å². The normalized spacial score (nSPS) is 12.8. The van der Waals surface area contributed by atoms with Gasteiger partial charge in [0.1, 0.15) is 11.0 Å². The van der Waals surface area contributed by atoms with Crippen molar-refractivity contribution in [3.8, 4) is 21.5 Å². The Kier molecular flexibility index (Phi) is 4.38. The molecule has 0 saturated carbocycles. The molecule has 158 valence electrons. The van der Waals surface area contributed by atoms with Crippen LogP contribution >= 0.6 is 11.3 Å². The summed E-state index contributed by atoms with van der Waals surface area (Å²) in [7, 11) is 0. The number of aromatic nitrogens is 2. The average molecular weight is 431 g/mol. The number of nitrogens with zero attached hydrogens (tertiary/aromatic N) is 2. The first kappa shape index (κ1) is 20.0. The largest absolute Gasteiger partial charge is 0.435 e. The molecule has 5 heteroatoms. The van der Waals surface area contributed by atoms with Crippen molar-refractivity contribution in [2.75, 3.05) is 0 Å². The molecule has 31 heavy (non-hydrogen) atoms. The molecule has 5 rings (SSSR count). The van der Waals surface area contributed by atoms with E-state index in [1.165, 1.54) is 11.1 Å². The lowest BCUT2D eigenvalue weighted by molar-refractivity contribution is 0.589. The molecule has 0 N–H and O–H groups in total. The Bertz CT molecular complexity index is 1300. The second-order valence-electron chi connectivity index (χ2n) is 10.1. The quantitative estimate of drug-likeness (QED) is 0.285. The molecular formula is C26H26N2O2S. The van der Waals surface area contributed by atoms with E-state index >= 15 is 0 Å². The zero-order valence-electron chi connectivity index (χ0n) is 18.7. The molecule has 0 fully saturated rings. The van der Waals surface area contributed by atoms with Gasteiger partial charge in [-0.25, -0.2) is 9.97 Å². The second kappa shape index (κ2) is 6.79. The second-order valence-corrected chi connectivity index (χ2v) is 11.2. The highest BCUT2D eigenvalue weighted by atomic mass is 32.1. The smallest absolute Gasteiger partial charge is 0.237 e. The third kappa shape index (κ3) is 3.68. The van der Waals surface area contributed by atoms with Crippen molar-refractivity contribution >= 4 is 33.5 Å². The molecule has 0 atom stereocenters. The number of hydrogen-bond donors (Lipinski definition) is 0. The highest BCUT2D eigenvalue weighted by Crippen LogP contribution is 2.37. The Morgan fingerprint density at radius 3 is 1.42 bits per heavy atom. The van der Waals surface area contributed by atoms with Gasteiger partial charge < -0.3 is 8.83 Å². The van der Waals surface area contributed by atoms with E-state index < -0.39 is 0 Å². The van der Waals surface area contributed by atoms with Gasteiger partial charge in [0.2, 0.25) is 11.8 Å². The van der Waals surface area contributed by atoms with Crippen molar-refractivity contribution in [2.24, 2.45) is 0 Å². The molecule has 0 amide bonds. The highest BCUT2D eigenvalue weighted by molar-refractivity contribution is 7.18. The van der Waals surface area contributed by atoms with Crippen LogP contribution in [0.1, 0.15) is 52.7 Å². The summed E-state index contributed by atoms with van der Waals surface area (Å²) in [6.45, 7) is 13.2. The van der Waals surface area contributed by atoms with Gasteiger partial charge in [-0.3, -0.25) is 0 Å². The van der Waals surface area contributed by atoms with Gasteiger partial charge in [0.25, 0.3) is 0 Å². The summed E-state index contributed by atoms with van der Waals surface area (Å²) < 4.78 is 12.1. The summed E-state index contributed by atoms with van der Waals surface area (Å²) in [6.07, 6.45) is 0. The molecule has 0 aliphatic heterocycles. The summed E-state index contributed by atoms with van der Waals surface area (Å²) in [4.78, 5) is 11.4. The topological polar surface area (TPSA) is 52.1 Å². The van der Waals surface area contributed by atoms with Crippen molar-refractivity contribution in [3.63, 3.8) is 0 Å². The standard InChI is InChI=1S/C26H26N2O2S/c1-25(2,3)15-7-9-19-17(13-15)27-23(29-19)21-11-12-22(31-21)24-28-18-14-16(26(4,5)6)8-10-20(18)30-24/h7-14H,1-6H3. The maximum Gasteiger partial charge on any atom is 0.237 e. The predicted molar refractivity (Wildman–Crippen MR) is 128 cm³/mol. The molecule has 0 radical (unpaired) electrons. The number of thiophene rings is 1. The maximum absolute atomic E-state index is 6.03. The van der Waals surface area contributed by atoms with Crippen molar-refractivity contribution in [1.82, 2.24) is 9.97 Å². The van der Waals surface area contributed by atoms with Crippen molar-refractivity contribution in [2.45, 2.75) is 52.4 Å². The van der Waals surface area contributed by atoms with Crippen molar-refractivity contribution in [1.29, 1.82) is 0 Å². The Labute approximate surface area is 185 Å². The molecule has 2 aromatic carbocycles. The summed E-state index contributed by atoms with van der Waals surface area (Å²) in [5.41, 5.74) is 6.00. The van der Waals surface area contributed by atoms with Gasteiger partial charge in [-0.15, -0.1) is 11.3 Å². The summed E-state index contributed by atoms with van der Waals surface area (Å²) in [5.74, 6) is 1.26. The molecule has 4 nitrogen and oxygen atoms in total. The minimum Gasteiger partial charge on any atom is -0.435 e. The zero-order chi connectivity index (χ0) is 22.0. The average Bonchev–Trinajstić information content (AvgIpc) is 3.41. The van der Waals surface area contributed by atoms with E-state index in [0.29, 0.717) is 11.8 Å². The number of fused-ring (bicyclic) bond motifs is 2. The lowest BCUT2D eigenvalue weighted by Gasteiger charge is -2.18. The van der Waals surface area contributed by atoms with Crippen LogP contribution in [0, 0.1) is 0 Å². The van der Waals surface area contributed by atoms with Crippen LogP contribution in [0.5, 0.6) is 0 Å². The first-order valence-corrected chi connectivity index (χ1v) is 11.3. The van der Waals surface area contributed by atoms with Crippen LogP contribution in [0.4, 0.5) is 0 Å². The molecule has 0 bridgehead atoms. The van der Waals surface area contributed by atoms with Crippen LogP contribution in [-0.4, -0.2) is 9.97 Å². The Morgan fingerprint density at radius 1 is 0.613 bits per heavy atom. The summed E-state index contributed by atoms with van der Waals surface area (Å²) >= 11 is 1.58. The number of oxazole rings is 2. The van der Waals surface area contributed by atoms with Gasteiger partial charge in [-0.2, -0.15) is 0 Å². The van der Waals surface area contributed by atoms with E-state index in [9.17, 15) is 0 Å². The molecule has 3 aromatic heterocycles. The van der Waals surface area contributed by atoms with Gasteiger partial charge in [0.15, 0.2) is 11.2 Å². The monoisotopic (exact) mass is 430 g/mol. The Morgan fingerprint density at radius 2 is 1.03 bits per heavy atom. The van der Waals surface area contributed by atoms with Crippen molar-refractivity contribution in [3.05, 3.63) is 59.7 Å². The first-order chi connectivity index (χ1) is 14.6. The number of hydrogen-bond acceptors (Lipinski definition) is 5.